The fourth-order valence-electron chi connectivity index (χ4n) is 1.43. The van der Waals surface area contributed by atoms with E-state index < -0.39 is 11.9 Å². The Morgan fingerprint density at radius 2 is 2.06 bits per heavy atom. The summed E-state index contributed by atoms with van der Waals surface area (Å²) in [5.41, 5.74) is 0.190. The molecule has 0 fully saturated rings. The molecule has 5 heteroatoms. The van der Waals surface area contributed by atoms with Crippen LogP contribution >= 0.6 is 0 Å². The summed E-state index contributed by atoms with van der Waals surface area (Å²) < 4.78 is 13.4. The minimum absolute atomic E-state index is 0.00204. The van der Waals surface area contributed by atoms with Gasteiger partial charge in [0.25, 0.3) is 0 Å². The molecule has 0 aliphatic carbocycles. The summed E-state index contributed by atoms with van der Waals surface area (Å²) in [4.78, 5) is 13.4. The number of rotatable bonds is 5. The summed E-state index contributed by atoms with van der Waals surface area (Å²) in [7, 11) is 3.58. The number of aliphatic hydroxyl groups is 1. The van der Waals surface area contributed by atoms with E-state index in [1.807, 2.05) is 0 Å². The van der Waals surface area contributed by atoms with Gasteiger partial charge in [-0.2, -0.15) is 0 Å². The molecule has 0 heterocycles. The lowest BCUT2D eigenvalue weighted by Crippen LogP contribution is -2.42. The lowest BCUT2D eigenvalue weighted by molar-refractivity contribution is -0.125. The van der Waals surface area contributed by atoms with Gasteiger partial charge in [0.1, 0.15) is 5.82 Å². The third-order valence-corrected chi connectivity index (χ3v) is 2.89. The standard InChI is InChI=1S/C13H19FN2O2/c1-9(16(2)3)13(18)15-8-12(17)10-6-4-5-7-11(10)14/h4-7,9,12,17H,8H2,1-3H3,(H,15,18)/t9-,12?/m0/s1. The lowest BCUT2D eigenvalue weighted by atomic mass is 10.1. The van der Waals surface area contributed by atoms with E-state index >= 15 is 0 Å². The number of aliphatic hydroxyl groups excluding tert-OH is 1. The van der Waals surface area contributed by atoms with Crippen LogP contribution in [0, 0.1) is 5.82 Å². The van der Waals surface area contributed by atoms with Gasteiger partial charge in [0.15, 0.2) is 0 Å². The summed E-state index contributed by atoms with van der Waals surface area (Å²) in [6, 6.07) is 5.69. The van der Waals surface area contributed by atoms with Crippen LogP contribution in [0.5, 0.6) is 0 Å². The van der Waals surface area contributed by atoms with Gasteiger partial charge < -0.3 is 10.4 Å². The van der Waals surface area contributed by atoms with E-state index in [0.29, 0.717) is 0 Å². The number of hydrogen-bond acceptors (Lipinski definition) is 3. The Balaban J connectivity index is 2.54. The lowest BCUT2D eigenvalue weighted by Gasteiger charge is -2.20. The first-order valence-corrected chi connectivity index (χ1v) is 5.80. The van der Waals surface area contributed by atoms with Crippen LogP contribution in [0.4, 0.5) is 4.39 Å². The van der Waals surface area contributed by atoms with Gasteiger partial charge in [-0.15, -0.1) is 0 Å². The average Bonchev–Trinajstić information content (AvgIpc) is 2.35. The molecule has 0 aliphatic rings. The van der Waals surface area contributed by atoms with Gasteiger partial charge >= 0.3 is 0 Å². The molecule has 0 bridgehead atoms. The fraction of sp³-hybridized carbons (Fsp3) is 0.462. The number of carbonyl (C=O) groups is 1. The number of nitrogens with zero attached hydrogens (tertiary/aromatic N) is 1. The molecule has 2 atom stereocenters. The van der Waals surface area contributed by atoms with E-state index in [4.69, 9.17) is 0 Å². The zero-order valence-corrected chi connectivity index (χ0v) is 10.9. The van der Waals surface area contributed by atoms with E-state index in [-0.39, 0.29) is 24.1 Å². The molecule has 4 nitrogen and oxygen atoms in total. The van der Waals surface area contributed by atoms with Crippen LogP contribution < -0.4 is 5.32 Å². The molecule has 0 saturated carbocycles. The van der Waals surface area contributed by atoms with Gasteiger partial charge in [0.2, 0.25) is 5.91 Å². The molecular weight excluding hydrogens is 235 g/mol. The van der Waals surface area contributed by atoms with Crippen molar-refractivity contribution >= 4 is 5.91 Å². The van der Waals surface area contributed by atoms with Crippen molar-refractivity contribution in [3.8, 4) is 0 Å². The first-order chi connectivity index (χ1) is 8.43. The fourth-order valence-corrected chi connectivity index (χ4v) is 1.43. The summed E-state index contributed by atoms with van der Waals surface area (Å²) >= 11 is 0. The number of hydrogen-bond donors (Lipinski definition) is 2. The maximum Gasteiger partial charge on any atom is 0.237 e. The molecule has 0 radical (unpaired) electrons. The first kappa shape index (κ1) is 14.6. The summed E-state index contributed by atoms with van der Waals surface area (Å²) in [6.07, 6.45) is -1.04. The number of halogens is 1. The second-order valence-electron chi connectivity index (χ2n) is 4.42. The third kappa shape index (κ3) is 3.78. The Morgan fingerprint density at radius 3 is 2.61 bits per heavy atom. The van der Waals surface area contributed by atoms with Gasteiger partial charge in [-0.05, 0) is 27.1 Å². The highest BCUT2D eigenvalue weighted by molar-refractivity contribution is 5.81. The van der Waals surface area contributed by atoms with E-state index in [9.17, 15) is 14.3 Å². The monoisotopic (exact) mass is 254 g/mol. The van der Waals surface area contributed by atoms with Gasteiger partial charge in [-0.25, -0.2) is 4.39 Å². The van der Waals surface area contributed by atoms with Crippen molar-refractivity contribution in [2.24, 2.45) is 0 Å². The molecule has 100 valence electrons. The van der Waals surface area contributed by atoms with Crippen LogP contribution in [0.1, 0.15) is 18.6 Å². The molecule has 2 N–H and O–H groups in total. The van der Waals surface area contributed by atoms with Gasteiger partial charge in [0, 0.05) is 12.1 Å². The minimum atomic E-state index is -1.04. The molecule has 18 heavy (non-hydrogen) atoms. The second kappa shape index (κ2) is 6.47. The maximum absolute atomic E-state index is 13.4. The normalized spacial score (nSPS) is 14.3. The maximum atomic E-state index is 13.4. The highest BCUT2D eigenvalue weighted by Gasteiger charge is 2.17. The van der Waals surface area contributed by atoms with Crippen LogP contribution in [0.2, 0.25) is 0 Å². The van der Waals surface area contributed by atoms with Crippen molar-refractivity contribution in [2.45, 2.75) is 19.1 Å². The predicted octanol–water partition coefficient (Wildman–Crippen LogP) is 0.925. The topological polar surface area (TPSA) is 52.6 Å². The van der Waals surface area contributed by atoms with E-state index in [1.165, 1.54) is 12.1 Å². The van der Waals surface area contributed by atoms with Crippen LogP contribution in [-0.4, -0.2) is 42.6 Å². The van der Waals surface area contributed by atoms with E-state index in [0.717, 1.165) is 0 Å². The molecule has 1 unspecified atom stereocenters. The smallest absolute Gasteiger partial charge is 0.237 e. The molecule has 0 spiro atoms. The largest absolute Gasteiger partial charge is 0.386 e. The van der Waals surface area contributed by atoms with E-state index in [2.05, 4.69) is 5.32 Å². The number of amides is 1. The number of nitrogens with one attached hydrogen (secondary N) is 1. The minimum Gasteiger partial charge on any atom is -0.386 e. The molecule has 0 aliphatic heterocycles. The Kier molecular flexibility index (Phi) is 5.25. The Morgan fingerprint density at radius 1 is 1.44 bits per heavy atom. The SMILES string of the molecule is C[C@@H](C(=O)NCC(O)c1ccccc1F)N(C)C. The van der Waals surface area contributed by atoms with Crippen molar-refractivity contribution in [2.75, 3.05) is 20.6 Å². The van der Waals surface area contributed by atoms with E-state index in [1.54, 1.807) is 38.1 Å². The molecular formula is C13H19FN2O2. The van der Waals surface area contributed by atoms with Gasteiger partial charge in [-0.3, -0.25) is 9.69 Å². The molecule has 1 aromatic carbocycles. The molecule has 1 rings (SSSR count). The van der Waals surface area contributed by atoms with Crippen LogP contribution in [0.25, 0.3) is 0 Å². The Bertz CT molecular complexity index is 410. The zero-order chi connectivity index (χ0) is 13.7. The molecule has 1 amide bonds. The van der Waals surface area contributed by atoms with Crippen LogP contribution in [0.15, 0.2) is 24.3 Å². The zero-order valence-electron chi connectivity index (χ0n) is 10.9. The van der Waals surface area contributed by atoms with Crippen molar-refractivity contribution in [1.82, 2.24) is 10.2 Å². The van der Waals surface area contributed by atoms with Crippen LogP contribution in [0.3, 0.4) is 0 Å². The number of benzene rings is 1. The molecule has 1 aromatic rings. The van der Waals surface area contributed by atoms with Gasteiger partial charge in [0.05, 0.1) is 12.1 Å². The quantitative estimate of drug-likeness (QED) is 0.821. The predicted molar refractivity (Wildman–Crippen MR) is 67.5 cm³/mol. The summed E-state index contributed by atoms with van der Waals surface area (Å²) in [5.74, 6) is -0.671. The summed E-state index contributed by atoms with van der Waals surface area (Å²) in [6.45, 7) is 1.75. The van der Waals surface area contributed by atoms with Crippen molar-refractivity contribution in [3.05, 3.63) is 35.6 Å². The van der Waals surface area contributed by atoms with Gasteiger partial charge in [-0.1, -0.05) is 18.2 Å². The highest BCUT2D eigenvalue weighted by Crippen LogP contribution is 2.15. The van der Waals surface area contributed by atoms with Crippen molar-refractivity contribution < 1.29 is 14.3 Å². The summed E-state index contributed by atoms with van der Waals surface area (Å²) in [5, 5.41) is 12.4. The number of carbonyl (C=O) groups excluding carboxylic acids is 1. The van der Waals surface area contributed by atoms with Crippen molar-refractivity contribution in [1.29, 1.82) is 0 Å². The number of likely N-dealkylation sites (N-methyl/N-ethyl adjacent to an activating group) is 1. The van der Waals surface area contributed by atoms with Crippen LogP contribution in [-0.2, 0) is 4.79 Å². The highest BCUT2D eigenvalue weighted by atomic mass is 19.1. The Labute approximate surface area is 106 Å². The third-order valence-electron chi connectivity index (χ3n) is 2.89. The van der Waals surface area contributed by atoms with Crippen molar-refractivity contribution in [3.63, 3.8) is 0 Å². The molecule has 0 saturated heterocycles. The first-order valence-electron chi connectivity index (χ1n) is 5.80. The average molecular weight is 254 g/mol. The second-order valence-corrected chi connectivity index (χ2v) is 4.42. The Hall–Kier alpha value is -1.46. The molecule has 0 aromatic heterocycles.